The molecule has 1 aromatic carbocycles. The van der Waals surface area contributed by atoms with Gasteiger partial charge in [0.2, 0.25) is 0 Å². The number of aromatic nitrogens is 2. The predicted molar refractivity (Wildman–Crippen MR) is 107 cm³/mol. The van der Waals surface area contributed by atoms with Crippen molar-refractivity contribution in [1.29, 1.82) is 0 Å². The number of thiazole rings is 1. The number of amides is 1. The van der Waals surface area contributed by atoms with Gasteiger partial charge in [0.25, 0.3) is 5.91 Å². The van der Waals surface area contributed by atoms with Gasteiger partial charge in [-0.05, 0) is 31.0 Å². The first kappa shape index (κ1) is 17.0. The average Bonchev–Trinajstić information content (AvgIpc) is 3.21. The number of hydrogen-bond acceptors (Lipinski definition) is 5. The molecule has 27 heavy (non-hydrogen) atoms. The Morgan fingerprint density at radius 3 is 3.04 bits per heavy atom. The van der Waals surface area contributed by atoms with E-state index in [4.69, 9.17) is 11.6 Å². The van der Waals surface area contributed by atoms with E-state index in [9.17, 15) is 9.90 Å². The number of nitrogens with zero attached hydrogens (tertiary/aromatic N) is 2. The molecule has 6 nitrogen and oxygen atoms in total. The van der Waals surface area contributed by atoms with Crippen LogP contribution in [0.15, 0.2) is 24.3 Å². The van der Waals surface area contributed by atoms with Crippen LogP contribution >= 0.6 is 22.9 Å². The summed E-state index contributed by atoms with van der Waals surface area (Å²) in [7, 11) is 0. The summed E-state index contributed by atoms with van der Waals surface area (Å²) in [6.45, 7) is 1.24. The van der Waals surface area contributed by atoms with Crippen molar-refractivity contribution in [2.75, 3.05) is 11.9 Å². The Kier molecular flexibility index (Phi) is 4.11. The van der Waals surface area contributed by atoms with Gasteiger partial charge in [0.15, 0.2) is 5.13 Å². The lowest BCUT2D eigenvalue weighted by atomic mass is 9.90. The highest BCUT2D eigenvalue weighted by molar-refractivity contribution is 7.15. The van der Waals surface area contributed by atoms with Gasteiger partial charge >= 0.3 is 0 Å². The molecule has 1 aliphatic heterocycles. The SMILES string of the molecule is O=C(c1cc2ccc(Cl)cc2[nH]1)N1CCc2nc(N[C@H]3C[C@H](O)C3)sc2C1. The summed E-state index contributed by atoms with van der Waals surface area (Å²) in [4.78, 5) is 23.8. The number of halogens is 1. The summed E-state index contributed by atoms with van der Waals surface area (Å²) in [6, 6.07) is 7.76. The van der Waals surface area contributed by atoms with E-state index in [1.165, 1.54) is 0 Å². The first-order chi connectivity index (χ1) is 13.0. The van der Waals surface area contributed by atoms with Crippen LogP contribution in [0.4, 0.5) is 5.13 Å². The Bertz CT molecular complexity index is 1020. The Balaban J connectivity index is 1.32. The van der Waals surface area contributed by atoms with Crippen LogP contribution in [0.2, 0.25) is 5.02 Å². The number of carbonyl (C=O) groups is 1. The lowest BCUT2D eigenvalue weighted by Crippen LogP contribution is -2.38. The van der Waals surface area contributed by atoms with E-state index in [1.807, 2.05) is 29.2 Å². The number of anilines is 1. The first-order valence-electron chi connectivity index (χ1n) is 9.06. The quantitative estimate of drug-likeness (QED) is 0.627. The fourth-order valence-electron chi connectivity index (χ4n) is 3.70. The van der Waals surface area contributed by atoms with E-state index < -0.39 is 0 Å². The minimum atomic E-state index is -0.184. The van der Waals surface area contributed by atoms with E-state index in [0.717, 1.165) is 45.9 Å². The van der Waals surface area contributed by atoms with Gasteiger partial charge in [-0.25, -0.2) is 4.98 Å². The first-order valence-corrected chi connectivity index (χ1v) is 10.3. The lowest BCUT2D eigenvalue weighted by molar-refractivity contribution is 0.0731. The Labute approximate surface area is 165 Å². The van der Waals surface area contributed by atoms with E-state index in [0.29, 0.717) is 29.8 Å². The highest BCUT2D eigenvalue weighted by Crippen LogP contribution is 2.32. The van der Waals surface area contributed by atoms with Crippen molar-refractivity contribution >= 4 is 44.9 Å². The topological polar surface area (TPSA) is 81.2 Å². The molecule has 3 heterocycles. The maximum Gasteiger partial charge on any atom is 0.270 e. The second-order valence-corrected chi connectivity index (χ2v) is 8.77. The van der Waals surface area contributed by atoms with Crippen LogP contribution < -0.4 is 5.32 Å². The fourth-order valence-corrected chi connectivity index (χ4v) is 4.97. The van der Waals surface area contributed by atoms with Crippen LogP contribution in [0.1, 0.15) is 33.9 Å². The largest absolute Gasteiger partial charge is 0.393 e. The molecular formula is C19H19ClN4O2S. The molecule has 2 aliphatic rings. The summed E-state index contributed by atoms with van der Waals surface area (Å²) >= 11 is 7.64. The molecule has 1 aliphatic carbocycles. The summed E-state index contributed by atoms with van der Waals surface area (Å²) in [5.41, 5.74) is 2.53. The van der Waals surface area contributed by atoms with Gasteiger partial charge in [0.1, 0.15) is 5.69 Å². The molecule has 1 fully saturated rings. The number of H-pyrrole nitrogens is 1. The highest BCUT2D eigenvalue weighted by Gasteiger charge is 2.30. The molecule has 0 radical (unpaired) electrons. The van der Waals surface area contributed by atoms with Crippen molar-refractivity contribution in [3.8, 4) is 0 Å². The summed E-state index contributed by atoms with van der Waals surface area (Å²) in [5.74, 6) is -0.00185. The molecule has 8 heteroatoms. The van der Waals surface area contributed by atoms with Crippen LogP contribution in [0.5, 0.6) is 0 Å². The van der Waals surface area contributed by atoms with Crippen molar-refractivity contribution in [2.24, 2.45) is 0 Å². The van der Waals surface area contributed by atoms with Crippen molar-refractivity contribution in [1.82, 2.24) is 14.9 Å². The maximum atomic E-state index is 12.9. The molecule has 3 aromatic rings. The molecular weight excluding hydrogens is 384 g/mol. The van der Waals surface area contributed by atoms with Gasteiger partial charge in [-0.2, -0.15) is 0 Å². The Morgan fingerprint density at radius 1 is 1.37 bits per heavy atom. The highest BCUT2D eigenvalue weighted by atomic mass is 35.5. The standard InChI is InChI=1S/C19H19ClN4O2S/c20-11-2-1-10-5-16(22-15(10)6-11)18(26)24-4-3-14-17(9-24)27-19(23-14)21-12-7-13(25)8-12/h1-2,5-6,12-13,22,25H,3-4,7-9H2,(H,21,23)/t12-,13-. The molecule has 0 unspecified atom stereocenters. The smallest absolute Gasteiger partial charge is 0.270 e. The third-order valence-electron chi connectivity index (χ3n) is 5.27. The van der Waals surface area contributed by atoms with Crippen molar-refractivity contribution in [3.63, 3.8) is 0 Å². The Hall–Kier alpha value is -2.09. The minimum absolute atomic E-state index is 0.00185. The molecule has 140 valence electrons. The van der Waals surface area contributed by atoms with E-state index >= 15 is 0 Å². The number of hydrogen-bond donors (Lipinski definition) is 3. The molecule has 0 saturated heterocycles. The molecule has 0 bridgehead atoms. The van der Waals surface area contributed by atoms with E-state index in [-0.39, 0.29) is 12.0 Å². The monoisotopic (exact) mass is 402 g/mol. The molecule has 0 spiro atoms. The van der Waals surface area contributed by atoms with Crippen LogP contribution in [0.25, 0.3) is 10.9 Å². The predicted octanol–water partition coefficient (Wildman–Crippen LogP) is 3.41. The van der Waals surface area contributed by atoms with Crippen LogP contribution in [0, 0.1) is 0 Å². The van der Waals surface area contributed by atoms with Crippen LogP contribution in [0.3, 0.4) is 0 Å². The molecule has 1 saturated carbocycles. The van der Waals surface area contributed by atoms with Gasteiger partial charge in [-0.15, -0.1) is 0 Å². The number of aliphatic hydroxyl groups is 1. The number of nitrogens with one attached hydrogen (secondary N) is 2. The second kappa shape index (κ2) is 6.51. The molecule has 1 amide bonds. The van der Waals surface area contributed by atoms with Crippen molar-refractivity contribution < 1.29 is 9.90 Å². The van der Waals surface area contributed by atoms with Gasteiger partial charge < -0.3 is 20.3 Å². The fraction of sp³-hybridized carbons (Fsp3) is 0.368. The Morgan fingerprint density at radius 2 is 2.22 bits per heavy atom. The number of rotatable bonds is 3. The third-order valence-corrected chi connectivity index (χ3v) is 6.52. The van der Waals surface area contributed by atoms with Gasteiger partial charge in [0.05, 0.1) is 18.3 Å². The maximum absolute atomic E-state index is 12.9. The number of aliphatic hydroxyl groups excluding tert-OH is 1. The van der Waals surface area contributed by atoms with Crippen LogP contribution in [-0.2, 0) is 13.0 Å². The molecule has 3 N–H and O–H groups in total. The number of fused-ring (bicyclic) bond motifs is 2. The minimum Gasteiger partial charge on any atom is -0.393 e. The van der Waals surface area contributed by atoms with Crippen molar-refractivity contribution in [3.05, 3.63) is 45.6 Å². The lowest BCUT2D eigenvalue weighted by Gasteiger charge is -2.31. The number of aromatic amines is 1. The molecule has 5 rings (SSSR count). The zero-order chi connectivity index (χ0) is 18.5. The van der Waals surface area contributed by atoms with E-state index in [1.54, 1.807) is 11.3 Å². The van der Waals surface area contributed by atoms with Gasteiger partial charge in [0, 0.05) is 39.8 Å². The second-order valence-electron chi connectivity index (χ2n) is 7.25. The zero-order valence-electron chi connectivity index (χ0n) is 14.5. The summed E-state index contributed by atoms with van der Waals surface area (Å²) in [6.07, 6.45) is 2.13. The summed E-state index contributed by atoms with van der Waals surface area (Å²) < 4.78 is 0. The third kappa shape index (κ3) is 3.20. The number of benzene rings is 1. The zero-order valence-corrected chi connectivity index (χ0v) is 16.1. The van der Waals surface area contributed by atoms with Crippen molar-refractivity contribution in [2.45, 2.75) is 38.0 Å². The molecule has 2 aromatic heterocycles. The van der Waals surface area contributed by atoms with Gasteiger partial charge in [-0.1, -0.05) is 29.0 Å². The normalized spacial score (nSPS) is 21.8. The number of carbonyl (C=O) groups excluding carboxylic acids is 1. The van der Waals surface area contributed by atoms with E-state index in [2.05, 4.69) is 15.3 Å². The van der Waals surface area contributed by atoms with Crippen LogP contribution in [-0.4, -0.2) is 44.6 Å². The summed E-state index contributed by atoms with van der Waals surface area (Å²) in [5, 5.41) is 15.3. The van der Waals surface area contributed by atoms with Gasteiger partial charge in [-0.3, -0.25) is 4.79 Å². The molecule has 0 atom stereocenters. The average molecular weight is 403 g/mol.